The van der Waals surface area contributed by atoms with Crippen molar-refractivity contribution in [2.75, 3.05) is 18.0 Å². The molecule has 4 atom stereocenters. The second kappa shape index (κ2) is 10.0. The highest BCUT2D eigenvalue weighted by Gasteiger charge is 2.43. The lowest BCUT2D eigenvalue weighted by Crippen LogP contribution is -2.55. The second-order valence-electron chi connectivity index (χ2n) is 9.82. The van der Waals surface area contributed by atoms with Crippen LogP contribution < -0.4 is 21.4 Å². The van der Waals surface area contributed by atoms with Gasteiger partial charge in [0.1, 0.15) is 5.25 Å². The summed E-state index contributed by atoms with van der Waals surface area (Å²) in [5, 5.41) is 13.1. The Bertz CT molecular complexity index is 834. The average Bonchev–Trinajstić information content (AvgIpc) is 3.24. The quantitative estimate of drug-likeness (QED) is 0.284. The molecule has 0 radical (unpaired) electrons. The van der Waals surface area contributed by atoms with Crippen LogP contribution in [0.15, 0.2) is 29.2 Å². The third-order valence-electron chi connectivity index (χ3n) is 7.15. The van der Waals surface area contributed by atoms with Gasteiger partial charge in [0.05, 0.1) is 11.7 Å². The molecule has 4 rings (SSSR count). The molecule has 2 fully saturated rings. The number of hydrogen-bond donors (Lipinski definition) is 4. The zero-order chi connectivity index (χ0) is 22.7. The molecule has 5 N–H and O–H groups in total. The number of nitrogens with two attached hydrogens (primary N) is 1. The molecular weight excluding hydrogens is 420 g/mol. The van der Waals surface area contributed by atoms with Gasteiger partial charge < -0.3 is 16.0 Å². The normalized spacial score (nSPS) is 30.4. The summed E-state index contributed by atoms with van der Waals surface area (Å²) in [6.07, 6.45) is 9.17. The Morgan fingerprint density at radius 1 is 1.28 bits per heavy atom. The van der Waals surface area contributed by atoms with Gasteiger partial charge in [0.25, 0.3) is 0 Å². The van der Waals surface area contributed by atoms with Crippen molar-refractivity contribution in [1.29, 1.82) is 5.41 Å². The van der Waals surface area contributed by atoms with Crippen LogP contribution >= 0.6 is 11.8 Å². The fourth-order valence-corrected chi connectivity index (χ4v) is 6.91. The summed E-state index contributed by atoms with van der Waals surface area (Å²) in [7, 11) is 0. The van der Waals surface area contributed by atoms with Gasteiger partial charge in [-0.25, -0.2) is 5.43 Å². The molecule has 0 aliphatic carbocycles. The maximum Gasteiger partial charge on any atom is 0.242 e. The predicted molar refractivity (Wildman–Crippen MR) is 132 cm³/mol. The lowest BCUT2D eigenvalue weighted by Gasteiger charge is -2.39. The van der Waals surface area contributed by atoms with E-state index in [1.54, 1.807) is 16.8 Å². The average molecular weight is 459 g/mol. The molecule has 1 aromatic rings. The van der Waals surface area contributed by atoms with Crippen LogP contribution in [0.4, 0.5) is 5.69 Å². The number of benzene rings is 1. The van der Waals surface area contributed by atoms with Gasteiger partial charge in [-0.1, -0.05) is 31.4 Å². The molecule has 3 aliphatic rings. The number of amides is 1. The summed E-state index contributed by atoms with van der Waals surface area (Å²) >= 11 is 1.62. The molecule has 0 saturated carbocycles. The monoisotopic (exact) mass is 458 g/mol. The number of nitrogens with zero attached hydrogens (tertiary/aromatic N) is 2. The first kappa shape index (κ1) is 23.4. The third-order valence-corrected chi connectivity index (χ3v) is 8.52. The highest BCUT2D eigenvalue weighted by molar-refractivity contribution is 8.01. The van der Waals surface area contributed by atoms with Crippen molar-refractivity contribution in [3.05, 3.63) is 24.3 Å². The topological polar surface area (TPSA) is 97.5 Å². The van der Waals surface area contributed by atoms with E-state index in [1.807, 2.05) is 17.0 Å². The van der Waals surface area contributed by atoms with Crippen LogP contribution in [0.1, 0.15) is 65.2 Å². The van der Waals surface area contributed by atoms with E-state index in [9.17, 15) is 4.79 Å². The molecule has 2 saturated heterocycles. The number of unbranched alkanes of at least 4 members (excludes halogenated alkanes) is 2. The number of para-hydroxylation sites is 1. The van der Waals surface area contributed by atoms with Crippen molar-refractivity contribution in [2.45, 2.75) is 93.0 Å². The van der Waals surface area contributed by atoms with Gasteiger partial charge >= 0.3 is 0 Å². The molecule has 8 heteroatoms. The summed E-state index contributed by atoms with van der Waals surface area (Å²) in [5.41, 5.74) is 10.2. The minimum Gasteiger partial charge on any atom is -0.369 e. The van der Waals surface area contributed by atoms with E-state index < -0.39 is 0 Å². The Morgan fingerprint density at radius 3 is 2.88 bits per heavy atom. The molecule has 1 amide bonds. The van der Waals surface area contributed by atoms with Crippen molar-refractivity contribution in [2.24, 2.45) is 5.73 Å². The van der Waals surface area contributed by atoms with Crippen molar-refractivity contribution >= 4 is 29.3 Å². The van der Waals surface area contributed by atoms with Gasteiger partial charge in [-0.15, -0.1) is 11.8 Å². The summed E-state index contributed by atoms with van der Waals surface area (Å²) < 4.78 is 0. The van der Waals surface area contributed by atoms with E-state index >= 15 is 0 Å². The molecule has 2 unspecified atom stereocenters. The fraction of sp³-hybridized carbons (Fsp3) is 0.667. The zero-order valence-electron chi connectivity index (χ0n) is 19.4. The molecule has 0 aromatic heterocycles. The first-order chi connectivity index (χ1) is 15.4. The van der Waals surface area contributed by atoms with Crippen LogP contribution in [0.5, 0.6) is 0 Å². The maximum absolute atomic E-state index is 13.6. The number of fused-ring (bicyclic) bond motifs is 1. The van der Waals surface area contributed by atoms with E-state index in [4.69, 9.17) is 11.1 Å². The van der Waals surface area contributed by atoms with Gasteiger partial charge in [0.2, 0.25) is 11.9 Å². The first-order valence-electron chi connectivity index (χ1n) is 12.1. The number of piperidine rings is 1. The van der Waals surface area contributed by atoms with Gasteiger partial charge in [-0.2, -0.15) is 0 Å². The van der Waals surface area contributed by atoms with Gasteiger partial charge in [0.15, 0.2) is 0 Å². The largest absolute Gasteiger partial charge is 0.369 e. The van der Waals surface area contributed by atoms with Crippen molar-refractivity contribution < 1.29 is 4.79 Å². The lowest BCUT2D eigenvalue weighted by atomic mass is 9.84. The lowest BCUT2D eigenvalue weighted by molar-refractivity contribution is -0.119. The molecule has 1 aromatic carbocycles. The first-order valence-corrected chi connectivity index (χ1v) is 13.0. The van der Waals surface area contributed by atoms with Crippen molar-refractivity contribution in [3.63, 3.8) is 0 Å². The SMILES string of the molecule is C[C@H]1CCC[C@@](C)(CCCCCN2C(=O)C(C3CCNN3C(=N)N)Sc3ccccc32)N1. The van der Waals surface area contributed by atoms with Crippen molar-refractivity contribution in [1.82, 2.24) is 15.8 Å². The van der Waals surface area contributed by atoms with Crippen LogP contribution in [0, 0.1) is 5.41 Å². The molecule has 0 spiro atoms. The Kier molecular flexibility index (Phi) is 7.32. The van der Waals surface area contributed by atoms with Crippen LogP contribution in [0.3, 0.4) is 0 Å². The fourth-order valence-electron chi connectivity index (χ4n) is 5.54. The summed E-state index contributed by atoms with van der Waals surface area (Å²) in [6, 6.07) is 8.72. The van der Waals surface area contributed by atoms with E-state index in [-0.39, 0.29) is 28.7 Å². The molecule has 176 valence electrons. The number of carbonyl (C=O) groups excluding carboxylic acids is 1. The number of hydrogen-bond acceptors (Lipinski definition) is 5. The Hall–Kier alpha value is -1.77. The molecular formula is C24H38N6OS. The van der Waals surface area contributed by atoms with Crippen molar-refractivity contribution in [3.8, 4) is 0 Å². The number of rotatable bonds is 7. The van der Waals surface area contributed by atoms with Crippen LogP contribution in [0.25, 0.3) is 0 Å². The molecule has 7 nitrogen and oxygen atoms in total. The molecule has 0 bridgehead atoms. The maximum atomic E-state index is 13.6. The highest BCUT2D eigenvalue weighted by Crippen LogP contribution is 2.42. The van der Waals surface area contributed by atoms with Gasteiger partial charge in [0, 0.05) is 29.6 Å². The van der Waals surface area contributed by atoms with E-state index in [1.165, 1.54) is 32.1 Å². The minimum absolute atomic E-state index is 0.0227. The van der Waals surface area contributed by atoms with Gasteiger partial charge in [-0.3, -0.25) is 15.2 Å². The van der Waals surface area contributed by atoms with Gasteiger partial charge in [-0.05, 0) is 58.1 Å². The van der Waals surface area contributed by atoms with Crippen LogP contribution in [-0.2, 0) is 4.79 Å². The number of anilines is 1. The van der Waals surface area contributed by atoms with Crippen LogP contribution in [0.2, 0.25) is 0 Å². The number of guanidine groups is 1. The summed E-state index contributed by atoms with van der Waals surface area (Å²) in [4.78, 5) is 16.7. The summed E-state index contributed by atoms with van der Waals surface area (Å²) in [6.45, 7) is 6.14. The minimum atomic E-state index is -0.254. The number of thioether (sulfide) groups is 1. The predicted octanol–water partition coefficient (Wildman–Crippen LogP) is 3.45. The van der Waals surface area contributed by atoms with E-state index in [2.05, 4.69) is 36.7 Å². The molecule has 3 aliphatic heterocycles. The Balaban J connectivity index is 1.37. The van der Waals surface area contributed by atoms with Crippen LogP contribution in [-0.4, -0.2) is 52.8 Å². The Morgan fingerprint density at radius 2 is 2.09 bits per heavy atom. The number of nitrogens with one attached hydrogen (secondary N) is 3. The summed E-state index contributed by atoms with van der Waals surface area (Å²) in [5.74, 6) is 0.119. The third kappa shape index (κ3) is 5.07. The highest BCUT2D eigenvalue weighted by atomic mass is 32.2. The molecule has 3 heterocycles. The van der Waals surface area contributed by atoms with E-state index in [0.29, 0.717) is 6.04 Å². The Labute approximate surface area is 196 Å². The zero-order valence-corrected chi connectivity index (χ0v) is 20.2. The molecule has 32 heavy (non-hydrogen) atoms. The number of carbonyl (C=O) groups is 1. The second-order valence-corrected chi connectivity index (χ2v) is 11.0. The van der Waals surface area contributed by atoms with E-state index in [0.717, 1.165) is 42.9 Å². The number of hydrazine groups is 1. The smallest absolute Gasteiger partial charge is 0.242 e. The standard InChI is InChI=1S/C24H38N6OS/c1-17-9-8-14-24(2,28-17)13-6-3-7-16-29-18-10-4-5-11-20(18)32-21(22(29)31)19-12-15-27-30(19)23(25)26/h4-5,10-11,17,19,21,27-28H,3,6-9,12-16H2,1-2H3,(H3,25,26)/t17-,19?,21?,24+/m0/s1.